The molecular formula is C6H13N3O4S. The summed E-state index contributed by atoms with van der Waals surface area (Å²) in [5, 5.41) is 0. The van der Waals surface area contributed by atoms with Crippen LogP contribution in [0.4, 0.5) is 4.79 Å². The van der Waals surface area contributed by atoms with Crippen LogP contribution in [0.25, 0.3) is 0 Å². The van der Waals surface area contributed by atoms with Gasteiger partial charge in [0.25, 0.3) is 5.91 Å². The number of carbonyl (C=O) groups is 2. The Morgan fingerprint density at radius 3 is 1.93 bits per heavy atom. The van der Waals surface area contributed by atoms with Gasteiger partial charge in [0.15, 0.2) is 9.84 Å². The average molecular weight is 223 g/mol. The van der Waals surface area contributed by atoms with E-state index in [0.29, 0.717) is 0 Å². The topological polar surface area (TPSA) is 118 Å². The molecule has 0 bridgehead atoms. The molecule has 0 unspecified atom stereocenters. The molecule has 3 amide bonds. The number of rotatable bonds is 2. The zero-order valence-corrected chi connectivity index (χ0v) is 8.94. The van der Waals surface area contributed by atoms with E-state index < -0.39 is 26.5 Å². The van der Waals surface area contributed by atoms with Crippen LogP contribution in [0, 0.1) is 0 Å². The Morgan fingerprint density at radius 2 is 1.64 bits per heavy atom. The van der Waals surface area contributed by atoms with Gasteiger partial charge in [-0.05, 0) is 13.8 Å². The first-order chi connectivity index (χ1) is 6.09. The zero-order valence-electron chi connectivity index (χ0n) is 8.12. The van der Waals surface area contributed by atoms with Crippen molar-refractivity contribution in [1.29, 1.82) is 0 Å². The van der Waals surface area contributed by atoms with Crippen molar-refractivity contribution in [2.45, 2.75) is 18.6 Å². The van der Waals surface area contributed by atoms with Crippen LogP contribution in [0.1, 0.15) is 13.8 Å². The number of sulfone groups is 1. The normalized spacial score (nSPS) is 11.9. The fourth-order valence-corrected chi connectivity index (χ4v) is 0.825. The molecule has 0 saturated heterocycles. The van der Waals surface area contributed by atoms with Gasteiger partial charge in [-0.2, -0.15) is 0 Å². The Labute approximate surface area is 81.9 Å². The lowest BCUT2D eigenvalue weighted by Gasteiger charge is -2.20. The standard InChI is InChI=1S/C6H13N3O4S/c1-6(2,14(3,12)13)4(10)8-9-5(7)11/h1-3H3,(H,8,10)(H3,7,9,11). The lowest BCUT2D eigenvalue weighted by molar-refractivity contribution is -0.123. The molecule has 7 nitrogen and oxygen atoms in total. The van der Waals surface area contributed by atoms with Crippen LogP contribution in [0.15, 0.2) is 0 Å². The minimum absolute atomic E-state index is 0.848. The monoisotopic (exact) mass is 223 g/mol. The summed E-state index contributed by atoms with van der Waals surface area (Å²) in [5.41, 5.74) is 8.36. The maximum atomic E-state index is 11.3. The second-order valence-electron chi connectivity index (χ2n) is 3.23. The second-order valence-corrected chi connectivity index (χ2v) is 5.79. The smallest absolute Gasteiger partial charge is 0.330 e. The molecule has 0 heterocycles. The number of nitrogens with two attached hydrogens (primary N) is 1. The third kappa shape index (κ3) is 2.87. The van der Waals surface area contributed by atoms with E-state index in [9.17, 15) is 18.0 Å². The number of hydrazine groups is 1. The predicted octanol–water partition coefficient (Wildman–Crippen LogP) is -1.49. The zero-order chi connectivity index (χ0) is 11.6. The molecule has 0 aliphatic heterocycles. The number of nitrogens with one attached hydrogen (secondary N) is 2. The second kappa shape index (κ2) is 3.82. The molecule has 0 aliphatic rings. The van der Waals surface area contributed by atoms with Crippen molar-refractivity contribution in [3.8, 4) is 0 Å². The molecule has 0 saturated carbocycles. The fourth-order valence-electron chi connectivity index (χ4n) is 0.437. The third-order valence-electron chi connectivity index (χ3n) is 1.77. The van der Waals surface area contributed by atoms with E-state index in [1.54, 1.807) is 5.43 Å². The highest BCUT2D eigenvalue weighted by molar-refractivity contribution is 7.92. The molecule has 0 aromatic rings. The number of hydrogen-bond acceptors (Lipinski definition) is 4. The van der Waals surface area contributed by atoms with Crippen molar-refractivity contribution in [2.75, 3.05) is 6.26 Å². The van der Waals surface area contributed by atoms with Gasteiger partial charge in [-0.25, -0.2) is 18.6 Å². The van der Waals surface area contributed by atoms with Crippen LogP contribution >= 0.6 is 0 Å². The SMILES string of the molecule is CC(C)(C(=O)NNC(N)=O)S(C)(=O)=O. The van der Waals surface area contributed by atoms with Crippen LogP contribution < -0.4 is 16.6 Å². The number of carbonyl (C=O) groups excluding carboxylic acids is 2. The quantitative estimate of drug-likeness (QED) is 0.494. The number of hydrogen-bond donors (Lipinski definition) is 3. The van der Waals surface area contributed by atoms with Gasteiger partial charge in [0.05, 0.1) is 0 Å². The first kappa shape index (κ1) is 12.7. The van der Waals surface area contributed by atoms with Crippen LogP contribution in [0.3, 0.4) is 0 Å². The van der Waals surface area contributed by atoms with E-state index in [4.69, 9.17) is 0 Å². The van der Waals surface area contributed by atoms with E-state index in [-0.39, 0.29) is 0 Å². The molecule has 4 N–H and O–H groups in total. The molecule has 0 radical (unpaired) electrons. The lowest BCUT2D eigenvalue weighted by Crippen LogP contribution is -2.54. The molecule has 0 atom stereocenters. The summed E-state index contributed by atoms with van der Waals surface area (Å²) in [6, 6.07) is -0.970. The maximum Gasteiger partial charge on any atom is 0.330 e. The minimum Gasteiger partial charge on any atom is -0.350 e. The van der Waals surface area contributed by atoms with Crippen LogP contribution in [0.5, 0.6) is 0 Å². The van der Waals surface area contributed by atoms with Gasteiger partial charge < -0.3 is 5.73 Å². The van der Waals surface area contributed by atoms with Crippen LogP contribution in [0.2, 0.25) is 0 Å². The highest BCUT2D eigenvalue weighted by atomic mass is 32.2. The number of amides is 3. The molecule has 0 aromatic carbocycles. The van der Waals surface area contributed by atoms with Crippen molar-refractivity contribution in [2.24, 2.45) is 5.73 Å². The molecule has 8 heteroatoms. The summed E-state index contributed by atoms with van der Waals surface area (Å²) < 4.78 is 20.7. The van der Waals surface area contributed by atoms with Gasteiger partial charge in [-0.15, -0.1) is 0 Å². The highest BCUT2D eigenvalue weighted by Gasteiger charge is 2.38. The average Bonchev–Trinajstić information content (AvgIpc) is 1.97. The largest absolute Gasteiger partial charge is 0.350 e. The van der Waals surface area contributed by atoms with Gasteiger partial charge in [-0.1, -0.05) is 0 Å². The van der Waals surface area contributed by atoms with E-state index >= 15 is 0 Å². The molecule has 14 heavy (non-hydrogen) atoms. The summed E-state index contributed by atoms with van der Waals surface area (Å²) >= 11 is 0. The van der Waals surface area contributed by atoms with Gasteiger partial charge >= 0.3 is 6.03 Å². The first-order valence-corrected chi connectivity index (χ1v) is 5.53. The molecular weight excluding hydrogens is 210 g/mol. The van der Waals surface area contributed by atoms with Crippen molar-refractivity contribution in [1.82, 2.24) is 10.9 Å². The van der Waals surface area contributed by atoms with E-state index in [1.165, 1.54) is 13.8 Å². The van der Waals surface area contributed by atoms with E-state index in [1.807, 2.05) is 5.43 Å². The van der Waals surface area contributed by atoms with Crippen molar-refractivity contribution >= 4 is 21.8 Å². The van der Waals surface area contributed by atoms with E-state index in [2.05, 4.69) is 5.73 Å². The number of primary amides is 1. The molecule has 0 fully saturated rings. The van der Waals surface area contributed by atoms with E-state index in [0.717, 1.165) is 6.26 Å². The van der Waals surface area contributed by atoms with Crippen molar-refractivity contribution < 1.29 is 18.0 Å². The van der Waals surface area contributed by atoms with Crippen LogP contribution in [-0.2, 0) is 14.6 Å². The Morgan fingerprint density at radius 1 is 1.21 bits per heavy atom. The summed E-state index contributed by atoms with van der Waals surface area (Å²) in [6.45, 7) is 2.45. The molecule has 82 valence electrons. The Balaban J connectivity index is 4.62. The van der Waals surface area contributed by atoms with Gasteiger partial charge in [0.2, 0.25) is 0 Å². The summed E-state index contributed by atoms with van der Waals surface area (Å²) in [5.74, 6) is -0.848. The Bertz CT molecular complexity index is 346. The number of urea groups is 1. The first-order valence-electron chi connectivity index (χ1n) is 3.64. The Kier molecular flexibility index (Phi) is 3.47. The summed E-state index contributed by atoms with van der Waals surface area (Å²) in [4.78, 5) is 21.5. The fraction of sp³-hybridized carbons (Fsp3) is 0.667. The highest BCUT2D eigenvalue weighted by Crippen LogP contribution is 2.14. The van der Waals surface area contributed by atoms with Crippen LogP contribution in [-0.4, -0.2) is 31.4 Å². The Hall–Kier alpha value is -1.31. The van der Waals surface area contributed by atoms with Crippen molar-refractivity contribution in [3.05, 3.63) is 0 Å². The lowest BCUT2D eigenvalue weighted by atomic mass is 10.2. The summed E-state index contributed by atoms with van der Waals surface area (Å²) in [6.07, 6.45) is 0.927. The molecule has 0 aromatic heterocycles. The summed E-state index contributed by atoms with van der Waals surface area (Å²) in [7, 11) is -3.55. The maximum absolute atomic E-state index is 11.3. The van der Waals surface area contributed by atoms with Gasteiger partial charge in [0.1, 0.15) is 4.75 Å². The molecule has 0 spiro atoms. The molecule has 0 aliphatic carbocycles. The predicted molar refractivity (Wildman–Crippen MR) is 49.8 cm³/mol. The molecule has 0 rings (SSSR count). The van der Waals surface area contributed by atoms with Gasteiger partial charge in [-0.3, -0.25) is 10.2 Å². The minimum atomic E-state index is -3.55. The van der Waals surface area contributed by atoms with Gasteiger partial charge in [0, 0.05) is 6.26 Å². The third-order valence-corrected chi connectivity index (χ3v) is 3.81. The van der Waals surface area contributed by atoms with Crippen molar-refractivity contribution in [3.63, 3.8) is 0 Å².